The molecule has 1 unspecified atom stereocenters. The summed E-state index contributed by atoms with van der Waals surface area (Å²) in [5, 5.41) is 16.4. The maximum Gasteiger partial charge on any atom is 0.291 e. The van der Waals surface area contributed by atoms with Gasteiger partial charge in [0.2, 0.25) is 0 Å². The van der Waals surface area contributed by atoms with Gasteiger partial charge in [0.15, 0.2) is 0 Å². The summed E-state index contributed by atoms with van der Waals surface area (Å²) in [5.74, 6) is 0.868. The topological polar surface area (TPSA) is 65.5 Å². The molecule has 1 aliphatic rings. The Morgan fingerprint density at radius 3 is 2.51 bits per heavy atom. The van der Waals surface area contributed by atoms with Crippen LogP contribution in [0.25, 0.3) is 21.5 Å². The fraction of sp³-hybridized carbons (Fsp3) is 0.172. The molecule has 0 fully saturated rings. The van der Waals surface area contributed by atoms with Crippen molar-refractivity contribution in [3.63, 3.8) is 0 Å². The smallest absolute Gasteiger partial charge is 0.291 e. The molecule has 1 aromatic heterocycles. The standard InChI is InChI=1S/C25H20ClNO3.C4H4O/c26-24-12-8-19(14-25(24)27(28)29)30-15-16-5-9-21-18(13-16)7-11-22-20-4-2-1-3-17(20)6-10-23(21)22;1-2-4-5-3-1/h1-4,6-8,10-12,14,16H,5,9,13,15H2;1-4H. The minimum absolute atomic E-state index is 0.123. The third-order valence-electron chi connectivity index (χ3n) is 6.47. The highest BCUT2D eigenvalue weighted by Crippen LogP contribution is 2.35. The first-order chi connectivity index (χ1) is 17.1. The van der Waals surface area contributed by atoms with Crippen LogP contribution in [0.2, 0.25) is 5.02 Å². The van der Waals surface area contributed by atoms with Crippen LogP contribution in [-0.2, 0) is 12.8 Å². The summed E-state index contributed by atoms with van der Waals surface area (Å²) in [6, 6.07) is 25.7. The number of hydrogen-bond donors (Lipinski definition) is 0. The van der Waals surface area contributed by atoms with Crippen LogP contribution >= 0.6 is 11.6 Å². The van der Waals surface area contributed by atoms with Gasteiger partial charge < -0.3 is 9.15 Å². The average Bonchev–Trinajstić information content (AvgIpc) is 3.48. The molecule has 1 aliphatic carbocycles. The van der Waals surface area contributed by atoms with Crippen LogP contribution in [0.15, 0.2) is 95.8 Å². The number of nitro groups is 1. The Morgan fingerprint density at radius 2 is 1.74 bits per heavy atom. The number of aryl methyl sites for hydroxylation is 1. The molecule has 0 N–H and O–H groups in total. The van der Waals surface area contributed by atoms with E-state index in [0.29, 0.717) is 18.3 Å². The van der Waals surface area contributed by atoms with E-state index in [-0.39, 0.29) is 10.7 Å². The van der Waals surface area contributed by atoms with Gasteiger partial charge in [-0.2, -0.15) is 0 Å². The van der Waals surface area contributed by atoms with Crippen LogP contribution in [-0.4, -0.2) is 11.5 Å². The summed E-state index contributed by atoms with van der Waals surface area (Å²) >= 11 is 5.88. The van der Waals surface area contributed by atoms with E-state index in [1.807, 2.05) is 12.1 Å². The maximum atomic E-state index is 11.1. The van der Waals surface area contributed by atoms with Crippen molar-refractivity contribution in [1.82, 2.24) is 0 Å². The fourth-order valence-electron chi connectivity index (χ4n) is 4.75. The van der Waals surface area contributed by atoms with Crippen molar-refractivity contribution in [2.24, 2.45) is 5.92 Å². The van der Waals surface area contributed by atoms with Crippen LogP contribution in [0.5, 0.6) is 5.75 Å². The number of hydrogen-bond acceptors (Lipinski definition) is 4. The Balaban J connectivity index is 0.000000453. The molecule has 1 heterocycles. The predicted molar refractivity (Wildman–Crippen MR) is 139 cm³/mol. The number of fused-ring (bicyclic) bond motifs is 5. The lowest BCUT2D eigenvalue weighted by Gasteiger charge is -2.26. The monoisotopic (exact) mass is 485 g/mol. The number of benzene rings is 4. The number of rotatable bonds is 4. The molecule has 0 saturated carbocycles. The second-order valence-corrected chi connectivity index (χ2v) is 9.08. The van der Waals surface area contributed by atoms with Gasteiger partial charge in [0.25, 0.3) is 5.69 Å². The fourth-order valence-corrected chi connectivity index (χ4v) is 4.94. The Kier molecular flexibility index (Phi) is 6.68. The first kappa shape index (κ1) is 22.9. The van der Waals surface area contributed by atoms with Gasteiger partial charge in [0.05, 0.1) is 30.1 Å². The number of nitro benzene ring substituents is 1. The van der Waals surface area contributed by atoms with E-state index >= 15 is 0 Å². The summed E-state index contributed by atoms with van der Waals surface area (Å²) in [4.78, 5) is 10.6. The van der Waals surface area contributed by atoms with Gasteiger partial charge in [-0.3, -0.25) is 10.1 Å². The first-order valence-electron chi connectivity index (χ1n) is 11.6. The van der Waals surface area contributed by atoms with Crippen molar-refractivity contribution in [3.8, 4) is 5.75 Å². The van der Waals surface area contributed by atoms with E-state index in [9.17, 15) is 10.1 Å². The summed E-state index contributed by atoms with van der Waals surface area (Å²) < 4.78 is 10.5. The maximum absolute atomic E-state index is 11.1. The molecule has 0 bridgehead atoms. The largest absolute Gasteiger partial charge is 0.493 e. The minimum Gasteiger partial charge on any atom is -0.493 e. The molecule has 6 heteroatoms. The predicted octanol–water partition coefficient (Wildman–Crippen LogP) is 8.02. The zero-order valence-electron chi connectivity index (χ0n) is 19.0. The van der Waals surface area contributed by atoms with Crippen molar-refractivity contribution in [2.45, 2.75) is 19.3 Å². The second kappa shape index (κ2) is 10.2. The van der Waals surface area contributed by atoms with Crippen molar-refractivity contribution >= 4 is 38.8 Å². The van der Waals surface area contributed by atoms with Gasteiger partial charge >= 0.3 is 0 Å². The molecule has 0 spiro atoms. The van der Waals surface area contributed by atoms with Crippen molar-refractivity contribution in [3.05, 3.63) is 118 Å². The number of furan rings is 1. The summed E-state index contributed by atoms with van der Waals surface area (Å²) in [5.41, 5.74) is 2.69. The zero-order valence-corrected chi connectivity index (χ0v) is 19.8. The third-order valence-corrected chi connectivity index (χ3v) is 6.79. The molecule has 35 heavy (non-hydrogen) atoms. The van der Waals surface area contributed by atoms with E-state index < -0.39 is 4.92 Å². The SMILES string of the molecule is O=[N+]([O-])c1cc(OCC2CCc3c(ccc4c3ccc3ccccc34)C2)ccc1Cl.c1ccoc1. The number of nitrogens with zero attached hydrogens (tertiary/aromatic N) is 1. The molecular formula is C29H24ClNO4. The van der Waals surface area contributed by atoms with Gasteiger partial charge in [-0.05, 0) is 82.1 Å². The number of halogens is 1. The normalized spacial score (nSPS) is 14.7. The van der Waals surface area contributed by atoms with Crippen LogP contribution in [0, 0.1) is 16.0 Å². The lowest BCUT2D eigenvalue weighted by molar-refractivity contribution is -0.384. The molecule has 5 aromatic rings. The molecule has 0 amide bonds. The van der Waals surface area contributed by atoms with E-state index in [0.717, 1.165) is 19.3 Å². The highest BCUT2D eigenvalue weighted by molar-refractivity contribution is 6.32. The highest BCUT2D eigenvalue weighted by atomic mass is 35.5. The van der Waals surface area contributed by atoms with Crippen molar-refractivity contribution in [2.75, 3.05) is 6.61 Å². The summed E-state index contributed by atoms with van der Waals surface area (Å²) in [7, 11) is 0. The highest BCUT2D eigenvalue weighted by Gasteiger charge is 2.22. The van der Waals surface area contributed by atoms with Crippen LogP contribution in [0.3, 0.4) is 0 Å². The Morgan fingerprint density at radius 1 is 0.943 bits per heavy atom. The molecule has 0 aliphatic heterocycles. The molecule has 6 rings (SSSR count). The van der Waals surface area contributed by atoms with E-state index in [4.69, 9.17) is 16.3 Å². The molecule has 4 aromatic carbocycles. The van der Waals surface area contributed by atoms with E-state index in [1.54, 1.807) is 18.6 Å². The molecule has 1 atom stereocenters. The van der Waals surface area contributed by atoms with Crippen LogP contribution < -0.4 is 4.74 Å². The van der Waals surface area contributed by atoms with Gasteiger partial charge in [-0.15, -0.1) is 0 Å². The molecular weight excluding hydrogens is 462 g/mol. The molecule has 0 saturated heterocycles. The van der Waals surface area contributed by atoms with Gasteiger partial charge in [-0.1, -0.05) is 60.1 Å². The molecule has 5 nitrogen and oxygen atoms in total. The third kappa shape index (κ3) is 5.00. The lowest BCUT2D eigenvalue weighted by Crippen LogP contribution is -2.21. The molecule has 0 radical (unpaired) electrons. The second-order valence-electron chi connectivity index (χ2n) is 8.67. The van der Waals surface area contributed by atoms with Crippen molar-refractivity contribution < 1.29 is 14.1 Å². The Hall–Kier alpha value is -3.83. The Bertz CT molecular complexity index is 1460. The summed E-state index contributed by atoms with van der Waals surface area (Å²) in [6.45, 7) is 0.536. The molecule has 176 valence electrons. The Labute approximate surface area is 208 Å². The first-order valence-corrected chi connectivity index (χ1v) is 11.9. The number of ether oxygens (including phenoxy) is 1. The van der Waals surface area contributed by atoms with Gasteiger partial charge in [-0.25, -0.2) is 0 Å². The zero-order chi connectivity index (χ0) is 24.2. The quantitative estimate of drug-likeness (QED) is 0.147. The van der Waals surface area contributed by atoms with Gasteiger partial charge in [0.1, 0.15) is 10.8 Å². The lowest BCUT2D eigenvalue weighted by atomic mass is 9.81. The van der Waals surface area contributed by atoms with E-state index in [1.165, 1.54) is 44.8 Å². The van der Waals surface area contributed by atoms with Gasteiger partial charge in [0, 0.05) is 0 Å². The van der Waals surface area contributed by atoms with Crippen LogP contribution in [0.1, 0.15) is 17.5 Å². The summed E-state index contributed by atoms with van der Waals surface area (Å²) in [6.07, 6.45) is 6.25. The average molecular weight is 486 g/mol. The van der Waals surface area contributed by atoms with Crippen molar-refractivity contribution in [1.29, 1.82) is 0 Å². The van der Waals surface area contributed by atoms with Crippen LogP contribution in [0.4, 0.5) is 5.69 Å². The van der Waals surface area contributed by atoms with E-state index in [2.05, 4.69) is 52.9 Å². The minimum atomic E-state index is -0.485.